The highest BCUT2D eigenvalue weighted by Crippen LogP contribution is 2.33. The van der Waals surface area contributed by atoms with Crippen molar-refractivity contribution in [1.82, 2.24) is 5.16 Å². The number of sulfonamides is 1. The van der Waals surface area contributed by atoms with Gasteiger partial charge in [0.2, 0.25) is 5.88 Å². The van der Waals surface area contributed by atoms with E-state index in [1.165, 1.54) is 5.56 Å². The Kier molecular flexibility index (Phi) is 6.63. The van der Waals surface area contributed by atoms with Gasteiger partial charge in [-0.25, -0.2) is 13.1 Å². The van der Waals surface area contributed by atoms with Gasteiger partial charge in [-0.1, -0.05) is 55.4 Å². The molecule has 160 valence electrons. The van der Waals surface area contributed by atoms with E-state index in [9.17, 15) is 8.42 Å². The van der Waals surface area contributed by atoms with Crippen molar-refractivity contribution in [2.45, 2.75) is 45.4 Å². The van der Waals surface area contributed by atoms with Crippen LogP contribution in [0.4, 0.5) is 5.88 Å². The van der Waals surface area contributed by atoms with E-state index in [1.807, 2.05) is 18.2 Å². The van der Waals surface area contributed by atoms with Crippen molar-refractivity contribution in [1.29, 1.82) is 0 Å². The second-order valence-corrected chi connectivity index (χ2v) is 9.60. The summed E-state index contributed by atoms with van der Waals surface area (Å²) in [7, 11) is -3.88. The number of nitrogens with two attached hydrogens (primary N) is 1. The Hall–Kier alpha value is -2.64. The van der Waals surface area contributed by atoms with Crippen LogP contribution >= 0.6 is 0 Å². The van der Waals surface area contributed by atoms with Crippen molar-refractivity contribution in [3.63, 3.8) is 0 Å². The van der Waals surface area contributed by atoms with Gasteiger partial charge in [-0.15, -0.1) is 0 Å². The first-order chi connectivity index (χ1) is 14.2. The van der Waals surface area contributed by atoms with E-state index in [0.29, 0.717) is 35.7 Å². The van der Waals surface area contributed by atoms with Crippen LogP contribution in [0.2, 0.25) is 0 Å². The third-order valence-electron chi connectivity index (χ3n) is 5.08. The number of aromatic nitrogens is 1. The summed E-state index contributed by atoms with van der Waals surface area (Å²) in [4.78, 5) is 0.188. The third kappa shape index (κ3) is 4.74. The molecule has 0 amide bonds. The minimum Gasteiger partial charge on any atom is -0.337 e. The molecule has 0 unspecified atom stereocenters. The molecule has 3 rings (SSSR count). The molecule has 7 heteroatoms. The fourth-order valence-corrected chi connectivity index (χ4v) is 4.75. The fourth-order valence-electron chi connectivity index (χ4n) is 3.48. The van der Waals surface area contributed by atoms with E-state index in [0.717, 1.165) is 17.5 Å². The Bertz CT molecular complexity index is 1130. The number of hydrogen-bond acceptors (Lipinski definition) is 5. The van der Waals surface area contributed by atoms with Gasteiger partial charge in [-0.3, -0.25) is 0 Å². The SMILES string of the molecule is Cc1noc(NS(=O)(=O)c2ccccc2-c2ccc(CC(C)C)cc2CCN)c1C. The van der Waals surface area contributed by atoms with Gasteiger partial charge in [0.1, 0.15) is 0 Å². The number of aryl methyl sites for hydroxylation is 1. The van der Waals surface area contributed by atoms with Crippen LogP contribution in [0.3, 0.4) is 0 Å². The van der Waals surface area contributed by atoms with Gasteiger partial charge in [-0.2, -0.15) is 0 Å². The highest BCUT2D eigenvalue weighted by Gasteiger charge is 2.23. The van der Waals surface area contributed by atoms with Gasteiger partial charge in [-0.05, 0) is 61.9 Å². The van der Waals surface area contributed by atoms with Crippen molar-refractivity contribution >= 4 is 15.9 Å². The smallest absolute Gasteiger partial charge is 0.264 e. The quantitative estimate of drug-likeness (QED) is 0.553. The predicted molar refractivity (Wildman–Crippen MR) is 120 cm³/mol. The molecular formula is C23H29N3O3S. The monoisotopic (exact) mass is 427 g/mol. The number of nitrogens with one attached hydrogen (secondary N) is 1. The van der Waals surface area contributed by atoms with E-state index in [1.54, 1.807) is 26.0 Å². The molecule has 0 saturated carbocycles. The lowest BCUT2D eigenvalue weighted by molar-refractivity contribution is 0.430. The van der Waals surface area contributed by atoms with Crippen molar-refractivity contribution in [3.8, 4) is 11.1 Å². The zero-order valence-electron chi connectivity index (χ0n) is 17.9. The standard InChI is InChI=1S/C23H29N3O3S/c1-15(2)13-18-9-10-20(19(14-18)11-12-24)21-7-5-6-8-22(21)30(27,28)26-23-16(3)17(4)25-29-23/h5-10,14-15,26H,11-13,24H2,1-4H3. The maximum atomic E-state index is 13.2. The summed E-state index contributed by atoms with van der Waals surface area (Å²) >= 11 is 0. The number of nitrogens with zero attached hydrogens (tertiary/aromatic N) is 1. The molecule has 1 aromatic heterocycles. The van der Waals surface area contributed by atoms with Gasteiger partial charge < -0.3 is 10.3 Å². The molecular weight excluding hydrogens is 398 g/mol. The molecule has 0 fully saturated rings. The number of anilines is 1. The lowest BCUT2D eigenvalue weighted by Crippen LogP contribution is -2.15. The van der Waals surface area contributed by atoms with Gasteiger partial charge in [0.15, 0.2) is 0 Å². The predicted octanol–water partition coefficient (Wildman–Crippen LogP) is 4.46. The Morgan fingerprint density at radius 1 is 1.10 bits per heavy atom. The van der Waals surface area contributed by atoms with E-state index in [-0.39, 0.29) is 10.8 Å². The molecule has 0 saturated heterocycles. The molecule has 1 heterocycles. The average molecular weight is 428 g/mol. The first-order valence-corrected chi connectivity index (χ1v) is 11.6. The second kappa shape index (κ2) is 9.02. The Morgan fingerprint density at radius 3 is 2.47 bits per heavy atom. The van der Waals surface area contributed by atoms with E-state index < -0.39 is 10.0 Å². The van der Waals surface area contributed by atoms with Crippen LogP contribution < -0.4 is 10.5 Å². The summed E-state index contributed by atoms with van der Waals surface area (Å²) < 4.78 is 34.1. The van der Waals surface area contributed by atoms with Crippen LogP contribution in [0.1, 0.15) is 36.2 Å². The number of hydrogen-bond donors (Lipinski definition) is 2. The summed E-state index contributed by atoms with van der Waals surface area (Å²) in [5.74, 6) is 0.670. The molecule has 30 heavy (non-hydrogen) atoms. The van der Waals surface area contributed by atoms with Crippen LogP contribution in [0.25, 0.3) is 11.1 Å². The lowest BCUT2D eigenvalue weighted by atomic mass is 9.93. The van der Waals surface area contributed by atoms with E-state index in [2.05, 4.69) is 35.9 Å². The van der Waals surface area contributed by atoms with Crippen molar-refractivity contribution in [3.05, 3.63) is 64.8 Å². The minimum atomic E-state index is -3.88. The van der Waals surface area contributed by atoms with Gasteiger partial charge in [0, 0.05) is 11.1 Å². The van der Waals surface area contributed by atoms with Crippen molar-refractivity contribution in [2.24, 2.45) is 11.7 Å². The summed E-state index contributed by atoms with van der Waals surface area (Å²) in [6.45, 7) is 8.38. The normalized spacial score (nSPS) is 11.8. The Labute approximate surface area is 178 Å². The Balaban J connectivity index is 2.07. The highest BCUT2D eigenvalue weighted by atomic mass is 32.2. The van der Waals surface area contributed by atoms with E-state index >= 15 is 0 Å². The first kappa shape index (κ1) is 22.1. The van der Waals surface area contributed by atoms with E-state index in [4.69, 9.17) is 10.3 Å². The molecule has 2 aromatic carbocycles. The summed E-state index contributed by atoms with van der Waals surface area (Å²) in [6.07, 6.45) is 1.63. The highest BCUT2D eigenvalue weighted by molar-refractivity contribution is 7.92. The second-order valence-electron chi connectivity index (χ2n) is 7.95. The van der Waals surface area contributed by atoms with Crippen molar-refractivity contribution in [2.75, 3.05) is 11.3 Å². The van der Waals surface area contributed by atoms with Crippen LogP contribution in [0.5, 0.6) is 0 Å². The van der Waals surface area contributed by atoms with Gasteiger partial charge in [0.25, 0.3) is 10.0 Å². The number of benzene rings is 2. The maximum absolute atomic E-state index is 13.2. The molecule has 0 atom stereocenters. The molecule has 0 radical (unpaired) electrons. The molecule has 0 bridgehead atoms. The molecule has 6 nitrogen and oxygen atoms in total. The lowest BCUT2D eigenvalue weighted by Gasteiger charge is -2.16. The first-order valence-electron chi connectivity index (χ1n) is 10.1. The summed E-state index contributed by atoms with van der Waals surface area (Å²) in [5.41, 5.74) is 10.9. The largest absolute Gasteiger partial charge is 0.337 e. The molecule has 0 spiro atoms. The molecule has 0 aliphatic rings. The molecule has 0 aliphatic heterocycles. The molecule has 3 N–H and O–H groups in total. The fraction of sp³-hybridized carbons (Fsp3) is 0.348. The number of rotatable bonds is 8. The van der Waals surface area contributed by atoms with Gasteiger partial charge in [0.05, 0.1) is 10.6 Å². The summed E-state index contributed by atoms with van der Waals surface area (Å²) in [5, 5.41) is 3.83. The maximum Gasteiger partial charge on any atom is 0.264 e. The van der Waals surface area contributed by atoms with Crippen LogP contribution in [0.15, 0.2) is 51.9 Å². The van der Waals surface area contributed by atoms with Crippen molar-refractivity contribution < 1.29 is 12.9 Å². The van der Waals surface area contributed by atoms with Crippen LogP contribution in [0, 0.1) is 19.8 Å². The topological polar surface area (TPSA) is 98.2 Å². The third-order valence-corrected chi connectivity index (χ3v) is 6.47. The minimum absolute atomic E-state index is 0.136. The zero-order valence-corrected chi connectivity index (χ0v) is 18.7. The summed E-state index contributed by atoms with van der Waals surface area (Å²) in [6, 6.07) is 13.2. The average Bonchev–Trinajstić information content (AvgIpc) is 3.00. The molecule has 0 aliphatic carbocycles. The van der Waals surface area contributed by atoms with Gasteiger partial charge >= 0.3 is 0 Å². The Morgan fingerprint density at radius 2 is 1.83 bits per heavy atom. The molecule has 3 aromatic rings. The zero-order chi connectivity index (χ0) is 21.9. The van der Waals surface area contributed by atoms with Crippen LogP contribution in [-0.2, 0) is 22.9 Å². The van der Waals surface area contributed by atoms with Crippen LogP contribution in [-0.4, -0.2) is 20.1 Å².